The van der Waals surface area contributed by atoms with Gasteiger partial charge in [-0.1, -0.05) is 6.07 Å². The molecule has 3 aromatic rings. The normalized spacial score (nSPS) is 11.9. The summed E-state index contributed by atoms with van der Waals surface area (Å²) < 4.78 is 32.3. The summed E-state index contributed by atoms with van der Waals surface area (Å²) in [6, 6.07) is 15.1. The molecule has 1 aromatic heterocycles. The van der Waals surface area contributed by atoms with Crippen molar-refractivity contribution in [3.05, 3.63) is 77.2 Å². The van der Waals surface area contributed by atoms with E-state index in [1.54, 1.807) is 35.7 Å². The first-order valence-electron chi connectivity index (χ1n) is 9.45. The molecule has 0 saturated heterocycles. The first-order chi connectivity index (χ1) is 15.2. The summed E-state index contributed by atoms with van der Waals surface area (Å²) in [5.41, 5.74) is 1.43. The molecule has 0 spiro atoms. The molecule has 0 radical (unpaired) electrons. The van der Waals surface area contributed by atoms with Crippen LogP contribution in [0.5, 0.6) is 0 Å². The molecule has 0 bridgehead atoms. The molecule has 1 heterocycles. The largest absolute Gasteiger partial charge is 0.449 e. The Morgan fingerprint density at radius 3 is 2.06 bits per heavy atom. The molecular formula is C22H20N2O6S2. The van der Waals surface area contributed by atoms with Crippen LogP contribution in [0.2, 0.25) is 0 Å². The Kier molecular flexibility index (Phi) is 7.06. The van der Waals surface area contributed by atoms with Crippen molar-refractivity contribution in [3.8, 4) is 0 Å². The minimum absolute atomic E-state index is 0.0875. The maximum atomic E-state index is 12.3. The zero-order valence-corrected chi connectivity index (χ0v) is 18.8. The molecule has 10 heteroatoms. The van der Waals surface area contributed by atoms with Crippen LogP contribution in [-0.2, 0) is 19.6 Å². The average Bonchev–Trinajstić information content (AvgIpc) is 3.30. The minimum atomic E-state index is -3.69. The van der Waals surface area contributed by atoms with Gasteiger partial charge in [-0.25, -0.2) is 13.2 Å². The van der Waals surface area contributed by atoms with Gasteiger partial charge in [0.05, 0.1) is 5.56 Å². The Balaban J connectivity index is 1.57. The predicted molar refractivity (Wildman–Crippen MR) is 122 cm³/mol. The van der Waals surface area contributed by atoms with Crippen LogP contribution in [0.15, 0.2) is 70.3 Å². The van der Waals surface area contributed by atoms with Crippen molar-refractivity contribution in [1.29, 1.82) is 0 Å². The number of ketones is 1. The number of hydrogen-bond acceptors (Lipinski definition) is 7. The summed E-state index contributed by atoms with van der Waals surface area (Å²) in [5, 5.41) is 4.27. The molecule has 1 amide bonds. The molecule has 32 heavy (non-hydrogen) atoms. The number of benzene rings is 2. The fourth-order valence-electron chi connectivity index (χ4n) is 2.61. The number of carbonyl (C=O) groups is 3. The van der Waals surface area contributed by atoms with Gasteiger partial charge in [0.1, 0.15) is 4.21 Å². The molecule has 2 aromatic carbocycles. The van der Waals surface area contributed by atoms with Gasteiger partial charge in [0.2, 0.25) is 0 Å². The lowest BCUT2D eigenvalue weighted by molar-refractivity contribution is -0.123. The van der Waals surface area contributed by atoms with Crippen LogP contribution in [0.25, 0.3) is 0 Å². The Labute approximate surface area is 189 Å². The van der Waals surface area contributed by atoms with Gasteiger partial charge in [-0.3, -0.25) is 14.3 Å². The Morgan fingerprint density at radius 2 is 1.50 bits per heavy atom. The van der Waals surface area contributed by atoms with Crippen LogP contribution in [0, 0.1) is 0 Å². The smallest absolute Gasteiger partial charge is 0.338 e. The number of Topliss-reactive ketones (excluding diaryl/α,β-unsaturated/α-hetero) is 1. The molecule has 0 fully saturated rings. The van der Waals surface area contributed by atoms with E-state index in [9.17, 15) is 22.8 Å². The SMILES string of the molecule is CC(=O)c1ccc(NC(=O)[C@@H](C)OC(=O)c2ccc(NS(=O)(=O)c3cccs3)cc2)cc1. The number of rotatable bonds is 8. The van der Waals surface area contributed by atoms with Gasteiger partial charge in [0.25, 0.3) is 15.9 Å². The van der Waals surface area contributed by atoms with Gasteiger partial charge in [-0.2, -0.15) is 0 Å². The van der Waals surface area contributed by atoms with Gasteiger partial charge < -0.3 is 10.1 Å². The fourth-order valence-corrected chi connectivity index (χ4v) is 4.66. The average molecular weight is 473 g/mol. The second-order valence-corrected chi connectivity index (χ2v) is 9.64. The van der Waals surface area contributed by atoms with E-state index in [2.05, 4.69) is 10.0 Å². The van der Waals surface area contributed by atoms with Crippen LogP contribution in [-0.4, -0.2) is 32.2 Å². The Bertz CT molecular complexity index is 1220. The van der Waals surface area contributed by atoms with E-state index >= 15 is 0 Å². The van der Waals surface area contributed by atoms with Crippen molar-refractivity contribution in [2.45, 2.75) is 24.2 Å². The van der Waals surface area contributed by atoms with E-state index in [-0.39, 0.29) is 21.2 Å². The zero-order chi connectivity index (χ0) is 23.3. The van der Waals surface area contributed by atoms with Crippen LogP contribution in [0.3, 0.4) is 0 Å². The van der Waals surface area contributed by atoms with E-state index < -0.39 is 28.0 Å². The number of nitrogens with one attached hydrogen (secondary N) is 2. The first kappa shape index (κ1) is 23.2. The lowest BCUT2D eigenvalue weighted by Crippen LogP contribution is -2.30. The van der Waals surface area contributed by atoms with E-state index in [0.29, 0.717) is 11.3 Å². The summed E-state index contributed by atoms with van der Waals surface area (Å²) in [6.45, 7) is 2.88. The third-order valence-corrected chi connectivity index (χ3v) is 7.12. The number of esters is 1. The number of carbonyl (C=O) groups excluding carboxylic acids is 3. The molecule has 1 atom stereocenters. The van der Waals surface area contributed by atoms with Crippen molar-refractivity contribution in [2.24, 2.45) is 0 Å². The molecule has 0 aliphatic carbocycles. The second kappa shape index (κ2) is 9.75. The van der Waals surface area contributed by atoms with Crippen LogP contribution in [0.1, 0.15) is 34.6 Å². The second-order valence-electron chi connectivity index (χ2n) is 6.79. The highest BCUT2D eigenvalue weighted by atomic mass is 32.2. The minimum Gasteiger partial charge on any atom is -0.449 e. The van der Waals surface area contributed by atoms with Crippen molar-refractivity contribution in [1.82, 2.24) is 0 Å². The summed E-state index contributed by atoms with van der Waals surface area (Å²) in [4.78, 5) is 35.9. The summed E-state index contributed by atoms with van der Waals surface area (Å²) in [7, 11) is -3.69. The van der Waals surface area contributed by atoms with E-state index in [0.717, 1.165) is 11.3 Å². The summed E-state index contributed by atoms with van der Waals surface area (Å²) in [5.74, 6) is -1.35. The monoisotopic (exact) mass is 472 g/mol. The number of ether oxygens (including phenoxy) is 1. The molecule has 0 unspecified atom stereocenters. The van der Waals surface area contributed by atoms with Gasteiger partial charge in [0, 0.05) is 16.9 Å². The standard InChI is InChI=1S/C22H20N2O6S2/c1-14(25)16-5-9-18(10-6-16)23-21(26)15(2)30-22(27)17-7-11-19(12-8-17)24-32(28,29)20-4-3-13-31-20/h3-13,15,24H,1-2H3,(H,23,26)/t15-/m1/s1. The number of anilines is 2. The maximum absolute atomic E-state index is 12.3. The number of hydrogen-bond donors (Lipinski definition) is 2. The fraction of sp³-hybridized carbons (Fsp3) is 0.136. The molecule has 0 aliphatic heterocycles. The van der Waals surface area contributed by atoms with Gasteiger partial charge in [0.15, 0.2) is 11.9 Å². The number of thiophene rings is 1. The molecule has 8 nitrogen and oxygen atoms in total. The van der Waals surface area contributed by atoms with Crippen molar-refractivity contribution in [3.63, 3.8) is 0 Å². The van der Waals surface area contributed by atoms with Gasteiger partial charge >= 0.3 is 5.97 Å². The molecular weight excluding hydrogens is 452 g/mol. The predicted octanol–water partition coefficient (Wildman–Crippen LogP) is 3.94. The third-order valence-electron chi connectivity index (χ3n) is 4.34. The molecule has 0 aliphatic rings. The lowest BCUT2D eigenvalue weighted by Gasteiger charge is -2.14. The molecule has 166 valence electrons. The Morgan fingerprint density at radius 1 is 0.906 bits per heavy atom. The summed E-state index contributed by atoms with van der Waals surface area (Å²) in [6.07, 6.45) is -1.08. The van der Waals surface area contributed by atoms with Crippen molar-refractivity contribution in [2.75, 3.05) is 10.0 Å². The van der Waals surface area contributed by atoms with Crippen molar-refractivity contribution < 1.29 is 27.5 Å². The maximum Gasteiger partial charge on any atom is 0.338 e. The highest BCUT2D eigenvalue weighted by molar-refractivity contribution is 7.94. The Hall–Kier alpha value is -3.50. The van der Waals surface area contributed by atoms with E-state index in [4.69, 9.17) is 4.74 Å². The highest BCUT2D eigenvalue weighted by Crippen LogP contribution is 2.21. The molecule has 2 N–H and O–H groups in total. The highest BCUT2D eigenvalue weighted by Gasteiger charge is 2.20. The summed E-state index contributed by atoms with van der Waals surface area (Å²) >= 11 is 1.09. The number of sulfonamides is 1. The first-order valence-corrected chi connectivity index (χ1v) is 11.8. The topological polar surface area (TPSA) is 119 Å². The van der Waals surface area contributed by atoms with Gasteiger partial charge in [-0.15, -0.1) is 11.3 Å². The lowest BCUT2D eigenvalue weighted by atomic mass is 10.1. The van der Waals surface area contributed by atoms with Crippen LogP contribution >= 0.6 is 11.3 Å². The zero-order valence-electron chi connectivity index (χ0n) is 17.2. The van der Waals surface area contributed by atoms with Crippen molar-refractivity contribution >= 4 is 50.4 Å². The van der Waals surface area contributed by atoms with Gasteiger partial charge in [-0.05, 0) is 73.8 Å². The number of amides is 1. The van der Waals surface area contributed by atoms with Crippen LogP contribution in [0.4, 0.5) is 11.4 Å². The third kappa shape index (κ3) is 5.80. The van der Waals surface area contributed by atoms with E-state index in [1.165, 1.54) is 44.2 Å². The quantitative estimate of drug-likeness (QED) is 0.379. The molecule has 3 rings (SSSR count). The molecule has 0 saturated carbocycles. The van der Waals surface area contributed by atoms with E-state index in [1.807, 2.05) is 0 Å². The van der Waals surface area contributed by atoms with Crippen LogP contribution < -0.4 is 10.0 Å².